The van der Waals surface area contributed by atoms with Crippen LogP contribution < -0.4 is 4.74 Å². The van der Waals surface area contributed by atoms with E-state index in [0.29, 0.717) is 11.3 Å². The summed E-state index contributed by atoms with van der Waals surface area (Å²) in [6.45, 7) is 2.27. The Morgan fingerprint density at radius 3 is 2.60 bits per heavy atom. The van der Waals surface area contributed by atoms with Crippen molar-refractivity contribution in [3.05, 3.63) is 64.7 Å². The maximum atomic E-state index is 11.3. The zero-order valence-corrected chi connectivity index (χ0v) is 11.1. The Morgan fingerprint density at radius 2 is 1.90 bits per heavy atom. The SMILES string of the molecule is Cc1ccc(C2=C(C=O)COc3ccc(O)cc32)cc1. The molecular weight excluding hydrogens is 252 g/mol. The number of benzene rings is 2. The van der Waals surface area contributed by atoms with Crippen LogP contribution >= 0.6 is 0 Å². The lowest BCUT2D eigenvalue weighted by Crippen LogP contribution is -2.13. The second kappa shape index (κ2) is 4.85. The Morgan fingerprint density at radius 1 is 1.15 bits per heavy atom. The van der Waals surface area contributed by atoms with Gasteiger partial charge in [0, 0.05) is 16.7 Å². The molecule has 0 spiro atoms. The van der Waals surface area contributed by atoms with Crippen LogP contribution in [0.5, 0.6) is 11.5 Å². The number of fused-ring (bicyclic) bond motifs is 1. The smallest absolute Gasteiger partial charge is 0.150 e. The molecule has 0 fully saturated rings. The molecule has 0 bridgehead atoms. The third kappa shape index (κ3) is 2.07. The molecule has 1 aliphatic rings. The van der Waals surface area contributed by atoms with E-state index in [0.717, 1.165) is 28.5 Å². The first kappa shape index (κ1) is 12.5. The van der Waals surface area contributed by atoms with Crippen molar-refractivity contribution in [1.82, 2.24) is 0 Å². The van der Waals surface area contributed by atoms with E-state index in [1.165, 1.54) is 0 Å². The molecule has 3 nitrogen and oxygen atoms in total. The number of aromatic hydroxyl groups is 1. The van der Waals surface area contributed by atoms with Gasteiger partial charge in [0.1, 0.15) is 24.4 Å². The molecule has 2 aromatic carbocycles. The van der Waals surface area contributed by atoms with Gasteiger partial charge in [-0.15, -0.1) is 0 Å². The Balaban J connectivity index is 2.23. The van der Waals surface area contributed by atoms with Gasteiger partial charge in [0.25, 0.3) is 0 Å². The normalized spacial score (nSPS) is 13.7. The van der Waals surface area contributed by atoms with Gasteiger partial charge in [-0.3, -0.25) is 4.79 Å². The van der Waals surface area contributed by atoms with Crippen LogP contribution in [-0.4, -0.2) is 18.0 Å². The molecule has 20 heavy (non-hydrogen) atoms. The molecule has 3 rings (SSSR count). The number of rotatable bonds is 2. The number of carbonyl (C=O) groups excluding carboxylic acids is 1. The van der Waals surface area contributed by atoms with Gasteiger partial charge in [0.2, 0.25) is 0 Å². The molecule has 3 heteroatoms. The van der Waals surface area contributed by atoms with Crippen molar-refractivity contribution < 1.29 is 14.6 Å². The van der Waals surface area contributed by atoms with E-state index in [1.807, 2.05) is 31.2 Å². The van der Waals surface area contributed by atoms with Crippen molar-refractivity contribution in [1.29, 1.82) is 0 Å². The molecule has 1 heterocycles. The average Bonchev–Trinajstić information content (AvgIpc) is 2.47. The number of aldehydes is 1. The van der Waals surface area contributed by atoms with Crippen LogP contribution in [0.1, 0.15) is 16.7 Å². The molecule has 1 aliphatic heterocycles. The molecule has 0 aliphatic carbocycles. The minimum absolute atomic E-state index is 0.157. The van der Waals surface area contributed by atoms with Crippen LogP contribution in [0.15, 0.2) is 48.0 Å². The zero-order valence-electron chi connectivity index (χ0n) is 11.1. The summed E-state index contributed by atoms with van der Waals surface area (Å²) in [6, 6.07) is 12.9. The lowest BCUT2D eigenvalue weighted by atomic mass is 9.91. The highest BCUT2D eigenvalue weighted by Crippen LogP contribution is 2.38. The fraction of sp³-hybridized carbons (Fsp3) is 0.118. The van der Waals surface area contributed by atoms with Gasteiger partial charge < -0.3 is 9.84 Å². The second-order valence-electron chi connectivity index (χ2n) is 4.85. The van der Waals surface area contributed by atoms with Crippen molar-refractivity contribution in [2.45, 2.75) is 6.92 Å². The number of carbonyl (C=O) groups is 1. The summed E-state index contributed by atoms with van der Waals surface area (Å²) in [6.07, 6.45) is 0.822. The Hall–Kier alpha value is -2.55. The number of phenols is 1. The fourth-order valence-electron chi connectivity index (χ4n) is 2.39. The summed E-state index contributed by atoms with van der Waals surface area (Å²) in [5, 5.41) is 9.69. The van der Waals surface area contributed by atoms with E-state index >= 15 is 0 Å². The molecule has 2 aromatic rings. The van der Waals surface area contributed by atoms with Crippen LogP contribution in [0.25, 0.3) is 5.57 Å². The molecule has 1 N–H and O–H groups in total. The Kier molecular flexibility index (Phi) is 3.03. The van der Waals surface area contributed by atoms with Gasteiger partial charge in [-0.1, -0.05) is 29.8 Å². The maximum absolute atomic E-state index is 11.3. The standard InChI is InChI=1S/C17H14O3/c1-11-2-4-12(5-3-11)17-13(9-18)10-20-16-7-6-14(19)8-15(16)17/h2-9,19H,10H2,1H3. The topological polar surface area (TPSA) is 46.5 Å². The molecule has 0 amide bonds. The summed E-state index contributed by atoms with van der Waals surface area (Å²) in [4.78, 5) is 11.3. The van der Waals surface area contributed by atoms with E-state index in [2.05, 4.69) is 0 Å². The number of hydrogen-bond acceptors (Lipinski definition) is 3. The number of aryl methyl sites for hydroxylation is 1. The molecule has 0 saturated carbocycles. The maximum Gasteiger partial charge on any atom is 0.150 e. The number of phenolic OH excluding ortho intramolecular Hbond substituents is 1. The van der Waals surface area contributed by atoms with Gasteiger partial charge in [-0.2, -0.15) is 0 Å². The summed E-state index contributed by atoms with van der Waals surface area (Å²) >= 11 is 0. The van der Waals surface area contributed by atoms with Crippen molar-refractivity contribution in [2.75, 3.05) is 6.61 Å². The molecule has 0 unspecified atom stereocenters. The first-order valence-corrected chi connectivity index (χ1v) is 6.40. The largest absolute Gasteiger partial charge is 0.508 e. The van der Waals surface area contributed by atoms with Gasteiger partial charge in [-0.25, -0.2) is 0 Å². The summed E-state index contributed by atoms with van der Waals surface area (Å²) in [7, 11) is 0. The number of hydrogen-bond donors (Lipinski definition) is 1. The average molecular weight is 266 g/mol. The third-order valence-corrected chi connectivity index (χ3v) is 3.42. The van der Waals surface area contributed by atoms with E-state index in [4.69, 9.17) is 4.74 Å². The second-order valence-corrected chi connectivity index (χ2v) is 4.85. The lowest BCUT2D eigenvalue weighted by Gasteiger charge is -2.22. The van der Waals surface area contributed by atoms with Crippen LogP contribution in [0.4, 0.5) is 0 Å². The highest BCUT2D eigenvalue weighted by atomic mass is 16.5. The van der Waals surface area contributed by atoms with Crippen LogP contribution in [-0.2, 0) is 4.79 Å². The van der Waals surface area contributed by atoms with Crippen molar-refractivity contribution in [3.8, 4) is 11.5 Å². The quantitative estimate of drug-likeness (QED) is 0.850. The Labute approximate surface area is 117 Å². The minimum atomic E-state index is 0.157. The highest BCUT2D eigenvalue weighted by Gasteiger charge is 2.21. The molecule has 0 saturated heterocycles. The van der Waals surface area contributed by atoms with Crippen molar-refractivity contribution in [2.24, 2.45) is 0 Å². The number of ether oxygens (including phenoxy) is 1. The molecule has 100 valence electrons. The summed E-state index contributed by atoms with van der Waals surface area (Å²) in [5.74, 6) is 0.841. The predicted molar refractivity (Wildman–Crippen MR) is 76.9 cm³/mol. The van der Waals surface area contributed by atoms with Crippen molar-refractivity contribution in [3.63, 3.8) is 0 Å². The van der Waals surface area contributed by atoms with Gasteiger partial charge in [0.05, 0.1) is 0 Å². The predicted octanol–water partition coefficient (Wildman–Crippen LogP) is 3.09. The summed E-state index contributed by atoms with van der Waals surface area (Å²) in [5.41, 5.74) is 4.28. The van der Waals surface area contributed by atoms with E-state index in [1.54, 1.807) is 18.2 Å². The van der Waals surface area contributed by atoms with E-state index in [-0.39, 0.29) is 12.4 Å². The van der Waals surface area contributed by atoms with Crippen LogP contribution in [0.3, 0.4) is 0 Å². The van der Waals surface area contributed by atoms with Gasteiger partial charge >= 0.3 is 0 Å². The van der Waals surface area contributed by atoms with Crippen molar-refractivity contribution >= 4 is 11.9 Å². The van der Waals surface area contributed by atoms with Gasteiger partial charge in [0.15, 0.2) is 0 Å². The minimum Gasteiger partial charge on any atom is -0.508 e. The van der Waals surface area contributed by atoms with Gasteiger partial charge in [-0.05, 0) is 30.7 Å². The van der Waals surface area contributed by atoms with Crippen LogP contribution in [0, 0.1) is 6.92 Å². The van der Waals surface area contributed by atoms with E-state index < -0.39 is 0 Å². The molecule has 0 aromatic heterocycles. The first-order chi connectivity index (χ1) is 9.69. The molecule has 0 radical (unpaired) electrons. The fourth-order valence-corrected chi connectivity index (χ4v) is 2.39. The van der Waals surface area contributed by atoms with E-state index in [9.17, 15) is 9.90 Å². The Bertz CT molecular complexity index is 697. The zero-order chi connectivity index (χ0) is 14.1. The first-order valence-electron chi connectivity index (χ1n) is 6.40. The van der Waals surface area contributed by atoms with Crippen LogP contribution in [0.2, 0.25) is 0 Å². The third-order valence-electron chi connectivity index (χ3n) is 3.42. The molecule has 0 atom stereocenters. The lowest BCUT2D eigenvalue weighted by molar-refractivity contribution is -0.105. The highest BCUT2D eigenvalue weighted by molar-refractivity contribution is 5.97. The molecular formula is C17H14O3. The summed E-state index contributed by atoms with van der Waals surface area (Å²) < 4.78 is 5.56. The monoisotopic (exact) mass is 266 g/mol.